The van der Waals surface area contributed by atoms with Gasteiger partial charge in [-0.05, 0) is 87.2 Å². The maximum absolute atomic E-state index is 14.3. The molecule has 1 saturated heterocycles. The summed E-state index contributed by atoms with van der Waals surface area (Å²) in [6.07, 6.45) is 9.38. The molecular formula is C46H67N5O7. The number of hydroxylamine groups is 2. The topological polar surface area (TPSA) is 136 Å². The number of nitrogens with zero attached hydrogens (tertiary/aromatic N) is 3. The first-order chi connectivity index (χ1) is 27.6. The number of para-hydroxylation sites is 1. The number of carbonyl (C=O) groups is 2. The molecule has 4 aliphatic carbocycles. The summed E-state index contributed by atoms with van der Waals surface area (Å²) >= 11 is 0. The quantitative estimate of drug-likeness (QED) is 0.186. The largest absolute Gasteiger partial charge is 0.496 e. The highest BCUT2D eigenvalue weighted by atomic mass is 16.7. The van der Waals surface area contributed by atoms with E-state index in [9.17, 15) is 19.8 Å². The van der Waals surface area contributed by atoms with Gasteiger partial charge in [-0.3, -0.25) is 14.4 Å². The van der Waals surface area contributed by atoms with Crippen LogP contribution in [0.25, 0.3) is 11.1 Å². The Bertz CT molecular complexity index is 1830. The van der Waals surface area contributed by atoms with Crippen LogP contribution in [-0.2, 0) is 20.9 Å². The molecule has 2 aromatic carbocycles. The summed E-state index contributed by atoms with van der Waals surface area (Å²) in [6, 6.07) is 10.5. The van der Waals surface area contributed by atoms with Crippen LogP contribution in [0.2, 0.25) is 0 Å². The highest BCUT2D eigenvalue weighted by Gasteiger charge is 2.57. The van der Waals surface area contributed by atoms with Crippen LogP contribution in [0.15, 0.2) is 60.7 Å². The zero-order chi connectivity index (χ0) is 42.1. The minimum atomic E-state index is -0.909. The third-order valence-corrected chi connectivity index (χ3v) is 13.7. The molecule has 1 aliphatic heterocycles. The molecule has 7 rings (SSSR count). The number of hydrogen-bond donors (Lipinski definition) is 4. The first-order valence-electron chi connectivity index (χ1n) is 20.9. The van der Waals surface area contributed by atoms with E-state index < -0.39 is 24.2 Å². The van der Waals surface area contributed by atoms with Gasteiger partial charge in [0.15, 0.2) is 0 Å². The molecule has 0 spiro atoms. The van der Waals surface area contributed by atoms with Crippen molar-refractivity contribution in [2.24, 2.45) is 35.0 Å². The first kappa shape index (κ1) is 43.8. The van der Waals surface area contributed by atoms with Crippen molar-refractivity contribution in [3.8, 4) is 16.9 Å². The van der Waals surface area contributed by atoms with Gasteiger partial charge >= 0.3 is 0 Å². The van der Waals surface area contributed by atoms with Crippen molar-refractivity contribution in [2.75, 3.05) is 60.5 Å². The number of benzene rings is 2. The minimum Gasteiger partial charge on any atom is -0.496 e. The molecular weight excluding hydrogens is 735 g/mol. The monoisotopic (exact) mass is 802 g/mol. The molecule has 2 aromatic rings. The molecule has 318 valence electrons. The smallest absolute Gasteiger partial charge is 0.251 e. The second kappa shape index (κ2) is 18.2. The van der Waals surface area contributed by atoms with E-state index in [-0.39, 0.29) is 54.5 Å². The number of aliphatic hydroxyl groups is 2. The summed E-state index contributed by atoms with van der Waals surface area (Å²) in [6.45, 7) is 8.97. The van der Waals surface area contributed by atoms with E-state index in [4.69, 9.17) is 14.3 Å². The summed E-state index contributed by atoms with van der Waals surface area (Å²) in [5, 5.41) is 29.7. The van der Waals surface area contributed by atoms with Gasteiger partial charge in [-0.1, -0.05) is 63.3 Å². The van der Waals surface area contributed by atoms with Crippen LogP contribution >= 0.6 is 0 Å². The van der Waals surface area contributed by atoms with E-state index in [1.54, 1.807) is 26.2 Å². The Labute approximate surface area is 345 Å². The highest BCUT2D eigenvalue weighted by molar-refractivity contribution is 5.97. The van der Waals surface area contributed by atoms with Gasteiger partial charge in [-0.15, -0.1) is 0 Å². The number of hydrogen-bond acceptors (Lipinski definition) is 10. The number of allylic oxidation sites excluding steroid dienone is 3. The molecule has 0 aromatic heterocycles. The molecule has 11 atom stereocenters. The molecule has 2 bridgehead atoms. The number of nitrogens with one attached hydrogen (secondary N) is 2. The fraction of sp³-hybridized carbons (Fsp3) is 0.609. The van der Waals surface area contributed by atoms with E-state index in [0.29, 0.717) is 35.6 Å². The van der Waals surface area contributed by atoms with Gasteiger partial charge in [0.2, 0.25) is 5.91 Å². The number of rotatable bonds is 16. The van der Waals surface area contributed by atoms with E-state index >= 15 is 0 Å². The molecule has 2 amide bonds. The van der Waals surface area contributed by atoms with Crippen molar-refractivity contribution in [3.63, 3.8) is 0 Å². The fourth-order valence-corrected chi connectivity index (χ4v) is 10.3. The van der Waals surface area contributed by atoms with Gasteiger partial charge in [0, 0.05) is 68.0 Å². The molecule has 12 heteroatoms. The van der Waals surface area contributed by atoms with Gasteiger partial charge in [-0.25, -0.2) is 0 Å². The van der Waals surface area contributed by atoms with Crippen molar-refractivity contribution in [3.05, 3.63) is 71.8 Å². The molecule has 4 N–H and O–H groups in total. The van der Waals surface area contributed by atoms with E-state index in [1.165, 1.54) is 6.42 Å². The van der Waals surface area contributed by atoms with Crippen LogP contribution < -0.4 is 20.3 Å². The van der Waals surface area contributed by atoms with Crippen LogP contribution in [-0.4, -0.2) is 124 Å². The second-order valence-electron chi connectivity index (χ2n) is 18.2. The second-order valence-corrected chi connectivity index (χ2v) is 18.2. The highest BCUT2D eigenvalue weighted by Crippen LogP contribution is 2.61. The molecule has 1 unspecified atom stereocenters. The van der Waals surface area contributed by atoms with Gasteiger partial charge in [0.1, 0.15) is 17.9 Å². The van der Waals surface area contributed by atoms with E-state index in [1.807, 2.05) is 81.6 Å². The van der Waals surface area contributed by atoms with Crippen LogP contribution in [0.3, 0.4) is 0 Å². The van der Waals surface area contributed by atoms with Crippen molar-refractivity contribution in [1.29, 1.82) is 0 Å². The van der Waals surface area contributed by atoms with Gasteiger partial charge < -0.3 is 40.1 Å². The molecule has 1 heterocycles. The third-order valence-electron chi connectivity index (χ3n) is 13.7. The fourth-order valence-electron chi connectivity index (χ4n) is 10.3. The standard InChI is InChI=1S/C46H67N5O7/c1-27-36-22-33(46(36,3)4)23-37(27)47-45(55)41-40(28(2)53)39(26-52)58-51(41)24-30-17-14-18-35(42(30)56-9)31-19-32(21-34(20-31)50(7)8)44(54)48-38(25-49(5)6)43(57-10)29-15-12-11-13-16-29/h11-15,17-21,27-29,33,36-41,43,52-53H,16,22-26H2,1-10H3,(H,47,55)(H,48,54)/t27-,28-,29?,33-,36-,37-,38+,39-,40+,41-,43+/m0/s1. The zero-order valence-electron chi connectivity index (χ0n) is 36.1. The Morgan fingerprint density at radius 3 is 2.43 bits per heavy atom. The molecule has 4 fully saturated rings. The normalized spacial score (nSPS) is 29.1. The Morgan fingerprint density at radius 2 is 1.84 bits per heavy atom. The van der Waals surface area contributed by atoms with Crippen LogP contribution in [0.1, 0.15) is 62.9 Å². The average Bonchev–Trinajstić information content (AvgIpc) is 3.57. The molecule has 5 aliphatic rings. The van der Waals surface area contributed by atoms with Crippen molar-refractivity contribution in [2.45, 2.75) is 89.9 Å². The summed E-state index contributed by atoms with van der Waals surface area (Å²) < 4.78 is 12.2. The molecule has 12 nitrogen and oxygen atoms in total. The number of carbonyl (C=O) groups excluding carboxylic acids is 2. The third kappa shape index (κ3) is 8.88. The lowest BCUT2D eigenvalue weighted by molar-refractivity contribution is -0.183. The van der Waals surface area contributed by atoms with Gasteiger partial charge in [-0.2, -0.15) is 5.06 Å². The predicted octanol–water partition coefficient (Wildman–Crippen LogP) is 4.90. The minimum absolute atomic E-state index is 0.0296. The lowest BCUT2D eigenvalue weighted by atomic mass is 9.45. The number of anilines is 1. The molecule has 3 saturated carbocycles. The number of amides is 2. The zero-order valence-corrected chi connectivity index (χ0v) is 36.1. The number of methoxy groups -OCH3 is 2. The SMILES string of the molecule is COc1c(CN2O[C@@H](CO)[C@@H]([C@H](C)O)[C@H]2C(=O)N[C@H]2C[C@@H]3C[C@@H]([C@@H]2C)C3(C)C)cccc1-c1cc(C(=O)N[C@H](CN(C)C)[C@H](OC)C2C=CC=CC2)cc(N(C)C)c1. The number of aliphatic hydroxyl groups excluding tert-OH is 2. The maximum Gasteiger partial charge on any atom is 0.251 e. The van der Waals surface area contributed by atoms with Crippen molar-refractivity contribution < 1.29 is 34.1 Å². The lowest BCUT2D eigenvalue weighted by Crippen LogP contribution is -2.62. The van der Waals surface area contributed by atoms with E-state index in [0.717, 1.165) is 35.2 Å². The number of ether oxygens (including phenoxy) is 2. The van der Waals surface area contributed by atoms with Crippen molar-refractivity contribution in [1.82, 2.24) is 20.6 Å². The van der Waals surface area contributed by atoms with Crippen LogP contribution in [0.5, 0.6) is 5.75 Å². The Hall–Kier alpha value is -3.78. The summed E-state index contributed by atoms with van der Waals surface area (Å²) in [4.78, 5) is 38.9. The first-order valence-corrected chi connectivity index (χ1v) is 20.9. The maximum atomic E-state index is 14.3. The number of likely N-dealkylation sites (N-methyl/N-ethyl adjacent to an activating group) is 1. The van der Waals surface area contributed by atoms with Crippen molar-refractivity contribution >= 4 is 17.5 Å². The molecule has 0 radical (unpaired) electrons. The molecule has 58 heavy (non-hydrogen) atoms. The van der Waals surface area contributed by atoms with Crippen LogP contribution in [0.4, 0.5) is 5.69 Å². The summed E-state index contributed by atoms with van der Waals surface area (Å²) in [5.74, 6) is 1.06. The van der Waals surface area contributed by atoms with Gasteiger partial charge in [0.25, 0.3) is 5.91 Å². The number of fused-ring (bicyclic) bond motifs is 2. The summed E-state index contributed by atoms with van der Waals surface area (Å²) in [5.41, 5.74) is 3.90. The summed E-state index contributed by atoms with van der Waals surface area (Å²) in [7, 11) is 11.2. The average molecular weight is 802 g/mol. The Kier molecular flexibility index (Phi) is 13.8. The Morgan fingerprint density at radius 1 is 1.09 bits per heavy atom. The Balaban J connectivity index is 1.29. The lowest BCUT2D eigenvalue weighted by Gasteiger charge is -2.62. The van der Waals surface area contributed by atoms with E-state index in [2.05, 4.69) is 48.5 Å². The predicted molar refractivity (Wildman–Crippen MR) is 227 cm³/mol. The van der Waals surface area contributed by atoms with Gasteiger partial charge in [0.05, 0.1) is 38.5 Å². The van der Waals surface area contributed by atoms with Crippen LogP contribution in [0, 0.1) is 35.0 Å².